The molecule has 2 aliphatic rings. The predicted octanol–water partition coefficient (Wildman–Crippen LogP) is 4.58. The fourth-order valence-corrected chi connectivity index (χ4v) is 5.46. The van der Waals surface area contributed by atoms with Crippen molar-refractivity contribution in [1.29, 1.82) is 0 Å². The van der Waals surface area contributed by atoms with Crippen LogP contribution in [0.4, 0.5) is 0 Å². The van der Waals surface area contributed by atoms with Crippen molar-refractivity contribution in [3.63, 3.8) is 0 Å². The van der Waals surface area contributed by atoms with Crippen LogP contribution in [0.15, 0.2) is 95.0 Å². The standard InChI is InChI=1S/C28H21ClN4O2S/c1-35-24-15-14-21(19-6-2-3-7-20(19)24)26-30-23-9-5-4-8-22(23)25-27(34)31-28(32-33(25)26)36-16-17-10-12-18(29)13-11-17/h2-15,26H,16H2,1H3,(H,31,32,34). The van der Waals surface area contributed by atoms with Gasteiger partial charge in [-0.3, -0.25) is 15.1 Å². The van der Waals surface area contributed by atoms with Crippen molar-refractivity contribution in [3.8, 4) is 5.75 Å². The number of amides is 1. The molecule has 0 saturated carbocycles. The third-order valence-corrected chi connectivity index (χ3v) is 7.41. The summed E-state index contributed by atoms with van der Waals surface area (Å²) in [5.41, 5.74) is 2.52. The quantitative estimate of drug-likeness (QED) is 0.435. The van der Waals surface area contributed by atoms with Crippen LogP contribution in [0.3, 0.4) is 0 Å². The zero-order valence-electron chi connectivity index (χ0n) is 19.3. The van der Waals surface area contributed by atoms with Gasteiger partial charge in [0.2, 0.25) is 0 Å². The van der Waals surface area contributed by atoms with Crippen LogP contribution in [0.5, 0.6) is 5.75 Å². The monoisotopic (exact) mass is 512 g/mol. The Morgan fingerprint density at radius 2 is 1.72 bits per heavy atom. The number of rotatable bonds is 4. The maximum atomic E-state index is 13.4. The minimum Gasteiger partial charge on any atom is -0.496 e. The minimum absolute atomic E-state index is 0.200. The van der Waals surface area contributed by atoms with Gasteiger partial charge in [-0.1, -0.05) is 84.0 Å². The van der Waals surface area contributed by atoms with Crippen molar-refractivity contribution in [2.75, 3.05) is 7.11 Å². The van der Waals surface area contributed by atoms with Crippen molar-refractivity contribution >= 4 is 50.9 Å². The van der Waals surface area contributed by atoms with Crippen LogP contribution >= 0.6 is 23.4 Å². The number of halogens is 1. The number of fused-ring (bicyclic) bond motifs is 3. The van der Waals surface area contributed by atoms with E-state index in [1.165, 1.54) is 11.8 Å². The van der Waals surface area contributed by atoms with Crippen molar-refractivity contribution in [2.24, 2.45) is 10.1 Å². The summed E-state index contributed by atoms with van der Waals surface area (Å²) < 4.78 is 5.60. The molecule has 8 heteroatoms. The van der Waals surface area contributed by atoms with E-state index in [1.807, 2.05) is 84.9 Å². The molecule has 1 unspecified atom stereocenters. The number of carbonyl (C=O) groups excluding carboxylic acids is 1. The number of ether oxygens (including phenoxy) is 1. The summed E-state index contributed by atoms with van der Waals surface area (Å²) in [6, 6.07) is 27.3. The molecule has 36 heavy (non-hydrogen) atoms. The van der Waals surface area contributed by atoms with Crippen LogP contribution in [0.1, 0.15) is 17.3 Å². The summed E-state index contributed by atoms with van der Waals surface area (Å²) in [4.78, 5) is 18.5. The van der Waals surface area contributed by atoms with Gasteiger partial charge in [0, 0.05) is 26.9 Å². The Labute approximate surface area is 216 Å². The molecule has 0 bridgehead atoms. The molecule has 0 fully saturated rings. The number of hydrazone groups is 1. The van der Waals surface area contributed by atoms with E-state index in [2.05, 4.69) is 5.32 Å². The van der Waals surface area contributed by atoms with Gasteiger partial charge in [0.1, 0.15) is 11.4 Å². The van der Waals surface area contributed by atoms with Gasteiger partial charge in [0.15, 0.2) is 11.3 Å². The first-order valence-corrected chi connectivity index (χ1v) is 12.8. The number of nitrogens with one attached hydrogen (secondary N) is 1. The molecule has 1 N–H and O–H groups in total. The summed E-state index contributed by atoms with van der Waals surface area (Å²) in [6.07, 6.45) is -0.511. The minimum atomic E-state index is -0.511. The van der Waals surface area contributed by atoms with Gasteiger partial charge in [0.25, 0.3) is 5.91 Å². The van der Waals surface area contributed by atoms with Crippen molar-refractivity contribution < 1.29 is 9.53 Å². The van der Waals surface area contributed by atoms with Gasteiger partial charge in [-0.25, -0.2) is 5.01 Å². The van der Waals surface area contributed by atoms with E-state index in [-0.39, 0.29) is 5.91 Å². The number of thioether (sulfide) groups is 1. The average molecular weight is 513 g/mol. The molecule has 0 spiro atoms. The smallest absolute Gasteiger partial charge is 0.276 e. The van der Waals surface area contributed by atoms with E-state index in [0.29, 0.717) is 21.6 Å². The van der Waals surface area contributed by atoms with Crippen molar-refractivity contribution in [2.45, 2.75) is 11.9 Å². The largest absolute Gasteiger partial charge is 0.496 e. The Kier molecular flexibility index (Phi) is 5.87. The third-order valence-electron chi connectivity index (χ3n) is 6.22. The highest BCUT2D eigenvalue weighted by Gasteiger charge is 2.35. The normalized spacial score (nSPS) is 16.6. The molecule has 0 aliphatic carbocycles. The average Bonchev–Trinajstić information content (AvgIpc) is 2.91. The van der Waals surface area contributed by atoms with Crippen LogP contribution in [0.25, 0.3) is 16.5 Å². The van der Waals surface area contributed by atoms with E-state index in [4.69, 9.17) is 26.4 Å². The molecule has 178 valence electrons. The molecule has 1 amide bonds. The molecule has 4 aromatic rings. The van der Waals surface area contributed by atoms with E-state index in [9.17, 15) is 4.79 Å². The fraction of sp³-hybridized carbons (Fsp3) is 0.107. The van der Waals surface area contributed by atoms with Crippen molar-refractivity contribution in [3.05, 3.63) is 112 Å². The Morgan fingerprint density at radius 1 is 0.972 bits per heavy atom. The third kappa shape index (κ3) is 4.00. The zero-order valence-corrected chi connectivity index (χ0v) is 20.9. The molecule has 6 nitrogen and oxygen atoms in total. The summed E-state index contributed by atoms with van der Waals surface area (Å²) in [7, 11) is 1.66. The molecule has 0 aromatic heterocycles. The highest BCUT2D eigenvalue weighted by molar-refractivity contribution is 8.13. The molecule has 0 saturated heterocycles. The fourth-order valence-electron chi connectivity index (χ4n) is 4.53. The molecule has 2 aliphatic heterocycles. The first-order chi connectivity index (χ1) is 17.6. The summed E-state index contributed by atoms with van der Waals surface area (Å²) in [5, 5.41) is 14.3. The highest BCUT2D eigenvalue weighted by Crippen LogP contribution is 2.37. The number of para-hydroxylation sites is 1. The number of amidine groups is 1. The van der Waals surface area contributed by atoms with E-state index in [0.717, 1.165) is 38.2 Å². The number of hydrogen-bond donors (Lipinski definition) is 1. The van der Waals surface area contributed by atoms with Crippen molar-refractivity contribution in [1.82, 2.24) is 10.3 Å². The molecule has 1 atom stereocenters. The predicted molar refractivity (Wildman–Crippen MR) is 144 cm³/mol. The van der Waals surface area contributed by atoms with Crippen LogP contribution in [-0.2, 0) is 10.5 Å². The lowest BCUT2D eigenvalue weighted by Gasteiger charge is -2.34. The van der Waals surface area contributed by atoms with E-state index >= 15 is 0 Å². The Bertz CT molecular complexity index is 1650. The lowest BCUT2D eigenvalue weighted by molar-refractivity contribution is -0.116. The Morgan fingerprint density at radius 3 is 2.53 bits per heavy atom. The number of hydrogen-bond acceptors (Lipinski definition) is 6. The second-order valence-electron chi connectivity index (χ2n) is 8.39. The summed E-state index contributed by atoms with van der Waals surface area (Å²) in [5.74, 6) is 1.23. The molecular formula is C28H21ClN4O2S. The highest BCUT2D eigenvalue weighted by atomic mass is 35.5. The van der Waals surface area contributed by atoms with E-state index in [1.54, 1.807) is 12.1 Å². The summed E-state index contributed by atoms with van der Waals surface area (Å²) in [6.45, 7) is 0. The Hall–Kier alpha value is -3.81. The molecule has 6 rings (SSSR count). The van der Waals surface area contributed by atoms with Gasteiger partial charge in [-0.15, -0.1) is 5.10 Å². The Balaban J connectivity index is 1.47. The van der Waals surface area contributed by atoms with Crippen LogP contribution in [-0.4, -0.2) is 23.2 Å². The van der Waals surface area contributed by atoms with Gasteiger partial charge >= 0.3 is 0 Å². The first-order valence-electron chi connectivity index (χ1n) is 11.4. The number of nitrogens with zero attached hydrogens (tertiary/aromatic N) is 3. The van der Waals surface area contributed by atoms with Gasteiger partial charge < -0.3 is 4.74 Å². The van der Waals surface area contributed by atoms with E-state index < -0.39 is 6.17 Å². The zero-order chi connectivity index (χ0) is 24.6. The summed E-state index contributed by atoms with van der Waals surface area (Å²) >= 11 is 7.48. The molecular weight excluding hydrogens is 492 g/mol. The molecule has 4 aromatic carbocycles. The second kappa shape index (κ2) is 9.33. The SMILES string of the molecule is COc1ccc(C2N=c3ccccc3=C3C(=O)NC(SCc4ccc(Cl)cc4)=NN32)c2ccccc12. The number of methoxy groups -OCH3 is 1. The topological polar surface area (TPSA) is 66.3 Å². The number of benzene rings is 4. The lowest BCUT2D eigenvalue weighted by Crippen LogP contribution is -2.50. The maximum Gasteiger partial charge on any atom is 0.276 e. The second-order valence-corrected chi connectivity index (χ2v) is 9.79. The van der Waals surface area contributed by atoms with Gasteiger partial charge in [-0.2, -0.15) is 0 Å². The molecule has 2 heterocycles. The lowest BCUT2D eigenvalue weighted by atomic mass is 10.00. The first kappa shape index (κ1) is 22.6. The molecule has 0 radical (unpaired) electrons. The number of carbonyl (C=O) groups is 1. The van der Waals surface area contributed by atoms with Crippen LogP contribution in [0.2, 0.25) is 5.02 Å². The van der Waals surface area contributed by atoms with Gasteiger partial charge in [-0.05, 0) is 35.2 Å². The maximum absolute atomic E-state index is 13.4. The van der Waals surface area contributed by atoms with Gasteiger partial charge in [0.05, 0.1) is 12.5 Å². The van der Waals surface area contributed by atoms with Crippen LogP contribution < -0.4 is 20.6 Å². The van der Waals surface area contributed by atoms with Crippen LogP contribution in [0, 0.1) is 0 Å².